The first-order valence-corrected chi connectivity index (χ1v) is 10.6. The summed E-state index contributed by atoms with van der Waals surface area (Å²) in [5.41, 5.74) is 0. The molecule has 0 radical (unpaired) electrons. The van der Waals surface area contributed by atoms with E-state index in [1.54, 1.807) is 0 Å². The van der Waals surface area contributed by atoms with Crippen LogP contribution in [0.15, 0.2) is 0 Å². The molecule has 3 rings (SSSR count). The van der Waals surface area contributed by atoms with E-state index < -0.39 is 112 Å². The van der Waals surface area contributed by atoms with Crippen LogP contribution in [0, 0.1) is 0 Å². The first-order valence-electron chi connectivity index (χ1n) is 10.6. The molecule has 0 amide bonds. The minimum atomic E-state index is -1.88. The molecule has 0 aromatic rings. The molecule has 3 aliphatic rings. The maximum absolute atomic E-state index is 10.2. The Hall–Kier alpha value is -0.640. The third-order valence-electron chi connectivity index (χ3n) is 6.08. The molecule has 200 valence electrons. The summed E-state index contributed by atoms with van der Waals surface area (Å²) >= 11 is 0. The summed E-state index contributed by atoms with van der Waals surface area (Å²) in [5, 5.41) is 109. The van der Waals surface area contributed by atoms with E-state index in [1.807, 2.05) is 0 Å². The van der Waals surface area contributed by atoms with Gasteiger partial charge in [-0.2, -0.15) is 0 Å². The summed E-state index contributed by atoms with van der Waals surface area (Å²) in [7, 11) is 0. The Morgan fingerprint density at radius 3 is 1.56 bits per heavy atom. The summed E-state index contributed by atoms with van der Waals surface area (Å²) in [6.45, 7) is -2.03. The van der Waals surface area contributed by atoms with Crippen molar-refractivity contribution in [3.63, 3.8) is 0 Å². The van der Waals surface area contributed by atoms with Crippen LogP contribution in [0.2, 0.25) is 0 Å². The van der Waals surface area contributed by atoms with Crippen molar-refractivity contribution < 1.29 is 79.9 Å². The number of rotatable bonds is 7. The molecule has 3 aliphatic heterocycles. The van der Waals surface area contributed by atoms with Crippen LogP contribution in [-0.4, -0.2) is 168 Å². The lowest BCUT2D eigenvalue weighted by molar-refractivity contribution is -0.367. The van der Waals surface area contributed by atoms with Gasteiger partial charge in [-0.1, -0.05) is 0 Å². The van der Waals surface area contributed by atoms with E-state index in [4.69, 9.17) is 28.8 Å². The molecule has 34 heavy (non-hydrogen) atoms. The lowest BCUT2D eigenvalue weighted by atomic mass is 9.97. The summed E-state index contributed by atoms with van der Waals surface area (Å²) in [6.07, 6.45) is -25.0. The van der Waals surface area contributed by atoms with Crippen LogP contribution in [-0.2, 0) is 23.7 Å². The molecule has 3 fully saturated rings. The summed E-state index contributed by atoms with van der Waals surface area (Å²) < 4.78 is 26.1. The lowest BCUT2D eigenvalue weighted by Crippen LogP contribution is -2.64. The van der Waals surface area contributed by atoms with Crippen molar-refractivity contribution in [1.82, 2.24) is 0 Å². The van der Waals surface area contributed by atoms with Crippen molar-refractivity contribution in [2.24, 2.45) is 0 Å². The average Bonchev–Trinajstić information content (AvgIpc) is 2.82. The second kappa shape index (κ2) is 11.6. The molecular formula is C18H32O16. The van der Waals surface area contributed by atoms with Gasteiger partial charge in [0.2, 0.25) is 0 Å². The fourth-order valence-electron chi connectivity index (χ4n) is 3.94. The molecule has 0 aromatic carbocycles. The van der Waals surface area contributed by atoms with Gasteiger partial charge < -0.3 is 79.9 Å². The Bertz CT molecular complexity index is 639. The van der Waals surface area contributed by atoms with E-state index in [0.29, 0.717) is 0 Å². The third-order valence-corrected chi connectivity index (χ3v) is 6.08. The highest BCUT2D eigenvalue weighted by Crippen LogP contribution is 2.29. The molecule has 0 unspecified atom stereocenters. The van der Waals surface area contributed by atoms with Crippen LogP contribution < -0.4 is 0 Å². The highest BCUT2D eigenvalue weighted by atomic mass is 16.7. The molecule has 0 aliphatic carbocycles. The Kier molecular flexibility index (Phi) is 9.54. The molecule has 0 bridgehead atoms. The van der Waals surface area contributed by atoms with E-state index in [9.17, 15) is 51.1 Å². The highest BCUT2D eigenvalue weighted by molar-refractivity contribution is 4.94. The van der Waals surface area contributed by atoms with E-state index >= 15 is 0 Å². The molecule has 0 saturated carbocycles. The van der Waals surface area contributed by atoms with Crippen LogP contribution >= 0.6 is 0 Å². The van der Waals surface area contributed by atoms with E-state index in [2.05, 4.69) is 0 Å². The molecule has 11 N–H and O–H groups in total. The van der Waals surface area contributed by atoms with Crippen molar-refractivity contribution in [2.75, 3.05) is 19.8 Å². The van der Waals surface area contributed by atoms with E-state index in [0.717, 1.165) is 0 Å². The molecule has 3 heterocycles. The van der Waals surface area contributed by atoms with Crippen LogP contribution in [0.5, 0.6) is 0 Å². The van der Waals surface area contributed by atoms with Gasteiger partial charge in [-0.15, -0.1) is 0 Å². The van der Waals surface area contributed by atoms with Gasteiger partial charge in [0.05, 0.1) is 19.8 Å². The maximum Gasteiger partial charge on any atom is 0.187 e. The fourth-order valence-corrected chi connectivity index (χ4v) is 3.94. The summed E-state index contributed by atoms with van der Waals surface area (Å²) in [4.78, 5) is 0. The van der Waals surface area contributed by atoms with Crippen LogP contribution in [0.25, 0.3) is 0 Å². The Morgan fingerprint density at radius 2 is 0.971 bits per heavy atom. The van der Waals surface area contributed by atoms with Crippen molar-refractivity contribution in [3.8, 4) is 0 Å². The number of hydrogen-bond acceptors (Lipinski definition) is 16. The SMILES string of the molecule is OC[C@H]1O[C@H](OC[C@H]2O[C@H](O[C@@H]3[C@@H](O)[C@H](O)[C@@H](CO)O[C@@H]3O)[C@@H](O)[C@@H](O)[C@@H]2O)[C@H](O)[C@@H](O)[C@@H]1O. The Morgan fingerprint density at radius 1 is 0.500 bits per heavy atom. The predicted octanol–water partition coefficient (Wildman–Crippen LogP) is -7.57. The molecule has 16 nitrogen and oxygen atoms in total. The molecule has 15 atom stereocenters. The van der Waals surface area contributed by atoms with Gasteiger partial charge in [0.1, 0.15) is 73.2 Å². The zero-order valence-electron chi connectivity index (χ0n) is 17.7. The van der Waals surface area contributed by atoms with E-state index in [-0.39, 0.29) is 0 Å². The summed E-state index contributed by atoms with van der Waals surface area (Å²) in [5.74, 6) is 0. The lowest BCUT2D eigenvalue weighted by Gasteiger charge is -2.45. The highest BCUT2D eigenvalue weighted by Gasteiger charge is 2.51. The molecular weight excluding hydrogens is 472 g/mol. The van der Waals surface area contributed by atoms with Gasteiger partial charge in [0.15, 0.2) is 18.9 Å². The predicted molar refractivity (Wildman–Crippen MR) is 101 cm³/mol. The minimum Gasteiger partial charge on any atom is -0.394 e. The monoisotopic (exact) mass is 504 g/mol. The van der Waals surface area contributed by atoms with E-state index in [1.165, 1.54) is 0 Å². The smallest absolute Gasteiger partial charge is 0.187 e. The topological polar surface area (TPSA) is 269 Å². The van der Waals surface area contributed by atoms with Gasteiger partial charge in [-0.25, -0.2) is 0 Å². The number of ether oxygens (including phenoxy) is 5. The Balaban J connectivity index is 1.64. The normalized spacial score (nSPS) is 52.5. The molecule has 3 saturated heterocycles. The fraction of sp³-hybridized carbons (Fsp3) is 1.00. The molecule has 16 heteroatoms. The van der Waals surface area contributed by atoms with Crippen molar-refractivity contribution >= 4 is 0 Å². The number of aliphatic hydroxyl groups excluding tert-OH is 11. The average molecular weight is 504 g/mol. The van der Waals surface area contributed by atoms with Crippen LogP contribution in [0.1, 0.15) is 0 Å². The second-order valence-corrected chi connectivity index (χ2v) is 8.37. The zero-order valence-corrected chi connectivity index (χ0v) is 17.7. The standard InChI is InChI=1S/C18H32O16/c19-1-4-8(22)12(26)15(16(29)31-4)34-18-14(28)11(25)9(23)6(33-18)3-30-17-13(27)10(24)7(21)5(2-20)32-17/h4-29H,1-3H2/t4-,5-,6-,7-,8-,9-,10+,11+,12+,13-,14+,15-,16+,17+,18-/m1/s1. The van der Waals surface area contributed by atoms with Gasteiger partial charge in [-0.3, -0.25) is 0 Å². The third kappa shape index (κ3) is 5.52. The first kappa shape index (κ1) is 27.9. The zero-order chi connectivity index (χ0) is 25.3. The number of hydrogen-bond donors (Lipinski definition) is 11. The van der Waals surface area contributed by atoms with Crippen molar-refractivity contribution in [1.29, 1.82) is 0 Å². The molecule has 0 spiro atoms. The minimum absolute atomic E-state index is 0.616. The first-order chi connectivity index (χ1) is 16.0. The number of aliphatic hydroxyl groups is 11. The maximum atomic E-state index is 10.2. The van der Waals surface area contributed by atoms with Gasteiger partial charge in [0, 0.05) is 0 Å². The Labute approximate surface area is 192 Å². The van der Waals surface area contributed by atoms with Crippen LogP contribution in [0.4, 0.5) is 0 Å². The van der Waals surface area contributed by atoms with Crippen molar-refractivity contribution in [3.05, 3.63) is 0 Å². The van der Waals surface area contributed by atoms with Gasteiger partial charge >= 0.3 is 0 Å². The van der Waals surface area contributed by atoms with Gasteiger partial charge in [0.25, 0.3) is 0 Å². The molecule has 0 aromatic heterocycles. The second-order valence-electron chi connectivity index (χ2n) is 8.37. The van der Waals surface area contributed by atoms with Crippen molar-refractivity contribution in [2.45, 2.75) is 92.1 Å². The quantitative estimate of drug-likeness (QED) is 0.154. The summed E-state index contributed by atoms with van der Waals surface area (Å²) in [6, 6.07) is 0. The van der Waals surface area contributed by atoms with Gasteiger partial charge in [-0.05, 0) is 0 Å². The largest absolute Gasteiger partial charge is 0.394 e. The van der Waals surface area contributed by atoms with Crippen LogP contribution in [0.3, 0.4) is 0 Å².